The summed E-state index contributed by atoms with van der Waals surface area (Å²) in [4.78, 5) is 0. The number of fused-ring (bicyclic) bond motifs is 1. The third-order valence-corrected chi connectivity index (χ3v) is 3.79. The summed E-state index contributed by atoms with van der Waals surface area (Å²) in [5.41, 5.74) is 4.41. The molecule has 3 rings (SSSR count). The molecule has 0 atom stereocenters. The van der Waals surface area contributed by atoms with E-state index in [-0.39, 0.29) is 5.60 Å². The first-order chi connectivity index (χ1) is 9.06. The Morgan fingerprint density at radius 1 is 1.05 bits per heavy atom. The number of rotatable bonds is 1. The molecule has 2 aromatic carbocycles. The summed E-state index contributed by atoms with van der Waals surface area (Å²) in [5, 5.41) is 4.02. The van der Waals surface area contributed by atoms with Crippen LogP contribution in [0, 0.1) is 0 Å². The van der Waals surface area contributed by atoms with E-state index in [1.807, 2.05) is 24.3 Å². The molecule has 1 N–H and O–H groups in total. The highest BCUT2D eigenvalue weighted by Crippen LogP contribution is 2.37. The van der Waals surface area contributed by atoms with Crippen LogP contribution < -0.4 is 5.32 Å². The summed E-state index contributed by atoms with van der Waals surface area (Å²) >= 11 is 5.93. The van der Waals surface area contributed by atoms with Crippen molar-refractivity contribution in [1.29, 1.82) is 0 Å². The number of ether oxygens (including phenoxy) is 1. The molecule has 0 unspecified atom stereocenters. The first kappa shape index (κ1) is 12.5. The van der Waals surface area contributed by atoms with Crippen molar-refractivity contribution in [2.45, 2.75) is 19.4 Å². The van der Waals surface area contributed by atoms with Crippen molar-refractivity contribution < 1.29 is 4.74 Å². The SMILES string of the molecule is CC1(C)OCNc2ccc(-c3ccc(Cl)cc3)cc21. The van der Waals surface area contributed by atoms with Crippen LogP contribution in [-0.2, 0) is 10.3 Å². The van der Waals surface area contributed by atoms with Gasteiger partial charge >= 0.3 is 0 Å². The predicted molar refractivity (Wildman–Crippen MR) is 79.5 cm³/mol. The van der Waals surface area contributed by atoms with Gasteiger partial charge in [-0.3, -0.25) is 0 Å². The molecule has 0 spiro atoms. The highest BCUT2D eigenvalue weighted by Gasteiger charge is 2.28. The maximum atomic E-state index is 5.93. The number of benzene rings is 2. The average Bonchev–Trinajstić information content (AvgIpc) is 2.39. The molecular formula is C16H16ClNO. The fourth-order valence-corrected chi connectivity index (χ4v) is 2.52. The zero-order chi connectivity index (χ0) is 13.5. The van der Waals surface area contributed by atoms with E-state index in [2.05, 4.69) is 37.4 Å². The van der Waals surface area contributed by atoms with Crippen LogP contribution in [0.3, 0.4) is 0 Å². The van der Waals surface area contributed by atoms with Crippen LogP contribution in [0.15, 0.2) is 42.5 Å². The molecule has 19 heavy (non-hydrogen) atoms. The van der Waals surface area contributed by atoms with Crippen LogP contribution in [0.5, 0.6) is 0 Å². The summed E-state index contributed by atoms with van der Waals surface area (Å²) in [6.07, 6.45) is 0. The van der Waals surface area contributed by atoms with Crippen LogP contribution in [0.1, 0.15) is 19.4 Å². The van der Waals surface area contributed by atoms with Gasteiger partial charge in [0.1, 0.15) is 6.73 Å². The van der Waals surface area contributed by atoms with Crippen molar-refractivity contribution in [3.05, 3.63) is 53.1 Å². The molecule has 0 saturated heterocycles. The van der Waals surface area contributed by atoms with Gasteiger partial charge in [-0.05, 0) is 49.2 Å². The second kappa shape index (κ2) is 4.55. The van der Waals surface area contributed by atoms with E-state index < -0.39 is 0 Å². The quantitative estimate of drug-likeness (QED) is 0.817. The minimum absolute atomic E-state index is 0.261. The summed E-state index contributed by atoms with van der Waals surface area (Å²) < 4.78 is 5.77. The number of anilines is 1. The molecule has 0 saturated carbocycles. The van der Waals surface area contributed by atoms with E-state index in [0.29, 0.717) is 6.73 Å². The van der Waals surface area contributed by atoms with Crippen molar-refractivity contribution in [3.8, 4) is 11.1 Å². The Balaban J connectivity index is 2.08. The minimum Gasteiger partial charge on any atom is -0.362 e. The van der Waals surface area contributed by atoms with E-state index in [1.165, 1.54) is 11.1 Å². The van der Waals surface area contributed by atoms with Gasteiger partial charge in [-0.1, -0.05) is 29.8 Å². The maximum Gasteiger partial charge on any atom is 0.117 e. The molecule has 2 nitrogen and oxygen atoms in total. The van der Waals surface area contributed by atoms with Gasteiger partial charge in [0, 0.05) is 16.3 Å². The predicted octanol–water partition coefficient (Wildman–Crippen LogP) is 4.64. The van der Waals surface area contributed by atoms with Gasteiger partial charge < -0.3 is 10.1 Å². The fourth-order valence-electron chi connectivity index (χ4n) is 2.39. The Morgan fingerprint density at radius 2 is 1.74 bits per heavy atom. The smallest absolute Gasteiger partial charge is 0.117 e. The average molecular weight is 274 g/mol. The molecule has 3 heteroatoms. The molecule has 2 aromatic rings. The molecule has 0 aliphatic carbocycles. The normalized spacial score (nSPS) is 16.6. The molecule has 1 aliphatic rings. The van der Waals surface area contributed by atoms with Gasteiger partial charge in [0.15, 0.2) is 0 Å². The van der Waals surface area contributed by atoms with Crippen LogP contribution >= 0.6 is 11.6 Å². The lowest BCUT2D eigenvalue weighted by atomic mass is 9.91. The van der Waals surface area contributed by atoms with Gasteiger partial charge in [0.2, 0.25) is 0 Å². The van der Waals surface area contributed by atoms with Crippen LogP contribution in [-0.4, -0.2) is 6.73 Å². The number of hydrogen-bond acceptors (Lipinski definition) is 2. The van der Waals surface area contributed by atoms with Crippen LogP contribution in [0.2, 0.25) is 5.02 Å². The largest absolute Gasteiger partial charge is 0.362 e. The van der Waals surface area contributed by atoms with E-state index in [0.717, 1.165) is 16.3 Å². The molecule has 1 heterocycles. The van der Waals surface area contributed by atoms with Crippen LogP contribution in [0.4, 0.5) is 5.69 Å². The number of nitrogens with one attached hydrogen (secondary N) is 1. The van der Waals surface area contributed by atoms with E-state index in [4.69, 9.17) is 16.3 Å². The third-order valence-electron chi connectivity index (χ3n) is 3.54. The summed E-state index contributed by atoms with van der Waals surface area (Å²) in [7, 11) is 0. The highest BCUT2D eigenvalue weighted by atomic mass is 35.5. The molecule has 98 valence electrons. The fraction of sp³-hybridized carbons (Fsp3) is 0.250. The van der Waals surface area contributed by atoms with Gasteiger partial charge in [-0.15, -0.1) is 0 Å². The van der Waals surface area contributed by atoms with Crippen molar-refractivity contribution >= 4 is 17.3 Å². The Labute approximate surface area is 118 Å². The molecule has 0 bridgehead atoms. The van der Waals surface area contributed by atoms with Crippen molar-refractivity contribution in [2.24, 2.45) is 0 Å². The van der Waals surface area contributed by atoms with Gasteiger partial charge in [0.05, 0.1) is 5.60 Å². The first-order valence-electron chi connectivity index (χ1n) is 6.34. The molecule has 0 radical (unpaired) electrons. The van der Waals surface area contributed by atoms with E-state index in [1.54, 1.807) is 0 Å². The molecule has 0 amide bonds. The topological polar surface area (TPSA) is 21.3 Å². The lowest BCUT2D eigenvalue weighted by Crippen LogP contribution is -2.31. The van der Waals surface area contributed by atoms with E-state index >= 15 is 0 Å². The van der Waals surface area contributed by atoms with Gasteiger partial charge in [-0.2, -0.15) is 0 Å². The second-order valence-electron chi connectivity index (χ2n) is 5.24. The summed E-state index contributed by atoms with van der Waals surface area (Å²) in [6.45, 7) is 4.75. The highest BCUT2D eigenvalue weighted by molar-refractivity contribution is 6.30. The molecular weight excluding hydrogens is 258 g/mol. The molecule has 0 aromatic heterocycles. The second-order valence-corrected chi connectivity index (χ2v) is 5.68. The van der Waals surface area contributed by atoms with Gasteiger partial charge in [-0.25, -0.2) is 0 Å². The molecule has 0 fully saturated rings. The Morgan fingerprint density at radius 3 is 2.47 bits per heavy atom. The van der Waals surface area contributed by atoms with Crippen molar-refractivity contribution in [2.75, 3.05) is 12.0 Å². The zero-order valence-corrected chi connectivity index (χ0v) is 11.8. The number of hydrogen-bond donors (Lipinski definition) is 1. The Hall–Kier alpha value is -1.51. The zero-order valence-electron chi connectivity index (χ0n) is 11.0. The summed E-state index contributed by atoms with van der Waals surface area (Å²) in [5.74, 6) is 0. The minimum atomic E-state index is -0.261. The van der Waals surface area contributed by atoms with Crippen LogP contribution in [0.25, 0.3) is 11.1 Å². The first-order valence-corrected chi connectivity index (χ1v) is 6.72. The van der Waals surface area contributed by atoms with Crippen molar-refractivity contribution in [1.82, 2.24) is 0 Å². The van der Waals surface area contributed by atoms with Crippen molar-refractivity contribution in [3.63, 3.8) is 0 Å². The monoisotopic (exact) mass is 273 g/mol. The summed E-state index contributed by atoms with van der Waals surface area (Å²) in [6, 6.07) is 14.3. The van der Waals surface area contributed by atoms with E-state index in [9.17, 15) is 0 Å². The lowest BCUT2D eigenvalue weighted by molar-refractivity contribution is -0.0178. The van der Waals surface area contributed by atoms with Gasteiger partial charge in [0.25, 0.3) is 0 Å². The maximum absolute atomic E-state index is 5.93. The standard InChI is InChI=1S/C16H16ClNO/c1-16(2)14-9-12(5-8-15(14)18-10-19-16)11-3-6-13(17)7-4-11/h3-9,18H,10H2,1-2H3. The number of halogens is 1. The lowest BCUT2D eigenvalue weighted by Gasteiger charge is -2.33. The Bertz CT molecular complexity index is 605. The third kappa shape index (κ3) is 2.34. The molecule has 1 aliphatic heterocycles. The Kier molecular flexibility index (Phi) is 3.00.